The van der Waals surface area contributed by atoms with Crippen molar-refractivity contribution in [2.75, 3.05) is 41.0 Å². The summed E-state index contributed by atoms with van der Waals surface area (Å²) in [5, 5.41) is 3.03. The molecule has 1 amide bonds. The van der Waals surface area contributed by atoms with E-state index in [4.69, 9.17) is 14.2 Å². The molecule has 23 heavy (non-hydrogen) atoms. The molecule has 1 saturated heterocycles. The first-order valence-electron chi connectivity index (χ1n) is 8.07. The van der Waals surface area contributed by atoms with Crippen LogP contribution in [0.15, 0.2) is 12.1 Å². The number of carbonyl (C=O) groups excluding carboxylic acids is 1. The maximum Gasteiger partial charge on any atom is 0.251 e. The van der Waals surface area contributed by atoms with E-state index in [1.54, 1.807) is 38.4 Å². The predicted octanol–water partition coefficient (Wildman–Crippen LogP) is 0.509. The van der Waals surface area contributed by atoms with E-state index in [1.807, 2.05) is 0 Å². The Morgan fingerprint density at radius 1 is 1.22 bits per heavy atom. The minimum absolute atomic E-state index is 0.119. The van der Waals surface area contributed by atoms with Gasteiger partial charge in [0.1, 0.15) is 6.04 Å². The molecule has 1 aliphatic rings. The van der Waals surface area contributed by atoms with E-state index in [1.165, 1.54) is 19.4 Å². The molecule has 1 aromatic rings. The van der Waals surface area contributed by atoms with Crippen LogP contribution in [0.3, 0.4) is 0 Å². The average molecular weight is 323 g/mol. The van der Waals surface area contributed by atoms with Crippen molar-refractivity contribution in [2.24, 2.45) is 0 Å². The van der Waals surface area contributed by atoms with Gasteiger partial charge in [-0.2, -0.15) is 0 Å². The number of benzene rings is 1. The minimum atomic E-state index is -0.119. The number of nitrogens with one attached hydrogen (secondary N) is 2. The predicted molar refractivity (Wildman–Crippen MR) is 87.8 cm³/mol. The van der Waals surface area contributed by atoms with Crippen LogP contribution in [0.4, 0.5) is 0 Å². The van der Waals surface area contributed by atoms with Gasteiger partial charge in [0.25, 0.3) is 5.91 Å². The maximum absolute atomic E-state index is 12.5. The SMILES string of the molecule is CC[NH+]1CCC[C@H]1CNC(=O)c1cc(OC)c(OC)c(OC)c1. The molecule has 1 heterocycles. The minimum Gasteiger partial charge on any atom is -0.493 e. The lowest BCUT2D eigenvalue weighted by molar-refractivity contribution is -0.909. The van der Waals surface area contributed by atoms with Gasteiger partial charge in [-0.05, 0) is 19.1 Å². The number of quaternary nitrogens is 1. The van der Waals surface area contributed by atoms with Crippen LogP contribution in [-0.4, -0.2) is 52.9 Å². The molecular weight excluding hydrogens is 296 g/mol. The fourth-order valence-electron chi connectivity index (χ4n) is 3.23. The number of likely N-dealkylation sites (N-methyl/N-ethyl adjacent to an activating group) is 1. The zero-order valence-corrected chi connectivity index (χ0v) is 14.4. The molecule has 0 spiro atoms. The van der Waals surface area contributed by atoms with E-state index in [0.717, 1.165) is 6.54 Å². The highest BCUT2D eigenvalue weighted by atomic mass is 16.5. The molecule has 128 valence electrons. The highest BCUT2D eigenvalue weighted by Crippen LogP contribution is 2.38. The number of hydrogen-bond donors (Lipinski definition) is 2. The Bertz CT molecular complexity index is 522. The van der Waals surface area contributed by atoms with Crippen LogP contribution in [0.2, 0.25) is 0 Å². The highest BCUT2D eigenvalue weighted by molar-refractivity contribution is 5.95. The number of methoxy groups -OCH3 is 3. The van der Waals surface area contributed by atoms with Crippen LogP contribution in [0, 0.1) is 0 Å². The number of likely N-dealkylation sites (tertiary alicyclic amines) is 1. The lowest BCUT2D eigenvalue weighted by Gasteiger charge is -2.20. The van der Waals surface area contributed by atoms with E-state index in [2.05, 4.69) is 12.2 Å². The van der Waals surface area contributed by atoms with E-state index in [0.29, 0.717) is 35.4 Å². The fourth-order valence-corrected chi connectivity index (χ4v) is 3.23. The zero-order chi connectivity index (χ0) is 16.8. The molecule has 0 aliphatic carbocycles. The van der Waals surface area contributed by atoms with Gasteiger partial charge in [-0.15, -0.1) is 0 Å². The summed E-state index contributed by atoms with van der Waals surface area (Å²) in [6, 6.07) is 3.86. The smallest absolute Gasteiger partial charge is 0.251 e. The topological polar surface area (TPSA) is 61.2 Å². The summed E-state index contributed by atoms with van der Waals surface area (Å²) in [5.74, 6) is 1.34. The van der Waals surface area contributed by atoms with Crippen molar-refractivity contribution >= 4 is 5.91 Å². The summed E-state index contributed by atoms with van der Waals surface area (Å²) in [5.41, 5.74) is 0.510. The van der Waals surface area contributed by atoms with Gasteiger partial charge >= 0.3 is 0 Å². The maximum atomic E-state index is 12.5. The third-order valence-electron chi connectivity index (χ3n) is 4.52. The van der Waals surface area contributed by atoms with Crippen molar-refractivity contribution < 1.29 is 23.9 Å². The lowest BCUT2D eigenvalue weighted by atomic mass is 10.1. The van der Waals surface area contributed by atoms with E-state index in [9.17, 15) is 4.79 Å². The molecule has 0 saturated carbocycles. The Morgan fingerprint density at radius 3 is 2.39 bits per heavy atom. The van der Waals surface area contributed by atoms with Crippen LogP contribution in [0.25, 0.3) is 0 Å². The molecule has 6 heteroatoms. The van der Waals surface area contributed by atoms with E-state index < -0.39 is 0 Å². The second kappa shape index (κ2) is 8.06. The fraction of sp³-hybridized carbons (Fsp3) is 0.588. The largest absolute Gasteiger partial charge is 0.493 e. The molecule has 1 fully saturated rings. The third kappa shape index (κ3) is 3.88. The summed E-state index contributed by atoms with van der Waals surface area (Å²) < 4.78 is 15.9. The Kier molecular flexibility index (Phi) is 6.10. The van der Waals surface area contributed by atoms with Gasteiger partial charge in [-0.1, -0.05) is 0 Å². The van der Waals surface area contributed by atoms with Crippen LogP contribution in [0.1, 0.15) is 30.1 Å². The Labute approximate surface area is 137 Å². The monoisotopic (exact) mass is 323 g/mol. The zero-order valence-electron chi connectivity index (χ0n) is 14.4. The summed E-state index contributed by atoms with van der Waals surface area (Å²) in [7, 11) is 4.63. The van der Waals surface area contributed by atoms with Crippen molar-refractivity contribution in [2.45, 2.75) is 25.8 Å². The van der Waals surface area contributed by atoms with Gasteiger partial charge in [-0.25, -0.2) is 0 Å². The summed E-state index contributed by atoms with van der Waals surface area (Å²) in [6.07, 6.45) is 2.40. The summed E-state index contributed by atoms with van der Waals surface area (Å²) in [4.78, 5) is 14.0. The molecule has 1 unspecified atom stereocenters. The molecule has 2 rings (SSSR count). The van der Waals surface area contributed by atoms with Crippen molar-refractivity contribution in [3.05, 3.63) is 17.7 Å². The molecule has 6 nitrogen and oxygen atoms in total. The van der Waals surface area contributed by atoms with E-state index in [-0.39, 0.29) is 5.91 Å². The summed E-state index contributed by atoms with van der Waals surface area (Å²) >= 11 is 0. The molecule has 1 aliphatic heterocycles. The first-order valence-corrected chi connectivity index (χ1v) is 8.07. The van der Waals surface area contributed by atoms with Crippen molar-refractivity contribution in [1.29, 1.82) is 0 Å². The molecule has 2 N–H and O–H groups in total. The third-order valence-corrected chi connectivity index (χ3v) is 4.52. The Balaban J connectivity index is 2.09. The van der Waals surface area contributed by atoms with Crippen LogP contribution in [0.5, 0.6) is 17.2 Å². The number of carbonyl (C=O) groups is 1. The first-order chi connectivity index (χ1) is 11.1. The van der Waals surface area contributed by atoms with Gasteiger partial charge in [0.15, 0.2) is 11.5 Å². The lowest BCUT2D eigenvalue weighted by Crippen LogP contribution is -3.14. The highest BCUT2D eigenvalue weighted by Gasteiger charge is 2.27. The molecule has 0 aromatic heterocycles. The van der Waals surface area contributed by atoms with Gasteiger partial charge in [0.05, 0.1) is 41.0 Å². The normalized spacial score (nSPS) is 20.2. The molecular formula is C17H27N2O4+. The molecule has 0 radical (unpaired) electrons. The van der Waals surface area contributed by atoms with Gasteiger partial charge in [-0.3, -0.25) is 4.79 Å². The van der Waals surface area contributed by atoms with Crippen LogP contribution in [-0.2, 0) is 0 Å². The van der Waals surface area contributed by atoms with Gasteiger partial charge in [0, 0.05) is 18.4 Å². The standard InChI is InChI=1S/C17H26N2O4/c1-5-19-8-6-7-13(19)11-18-17(20)12-9-14(21-2)16(23-4)15(10-12)22-3/h9-10,13H,5-8,11H2,1-4H3,(H,18,20)/p+1/t13-/m0/s1. The molecule has 1 aromatic carbocycles. The van der Waals surface area contributed by atoms with E-state index >= 15 is 0 Å². The van der Waals surface area contributed by atoms with Crippen molar-refractivity contribution in [3.8, 4) is 17.2 Å². The molecule has 0 bridgehead atoms. The second-order valence-corrected chi connectivity index (χ2v) is 5.72. The Hall–Kier alpha value is -1.95. The van der Waals surface area contributed by atoms with Crippen molar-refractivity contribution in [1.82, 2.24) is 5.32 Å². The average Bonchev–Trinajstić information content (AvgIpc) is 3.05. The number of ether oxygens (including phenoxy) is 3. The summed E-state index contributed by atoms with van der Waals surface area (Å²) in [6.45, 7) is 5.18. The molecule has 2 atom stereocenters. The van der Waals surface area contributed by atoms with Gasteiger partial charge < -0.3 is 24.4 Å². The quantitative estimate of drug-likeness (QED) is 0.768. The number of hydrogen-bond acceptors (Lipinski definition) is 4. The van der Waals surface area contributed by atoms with Crippen LogP contribution < -0.4 is 24.4 Å². The number of rotatable bonds is 7. The second-order valence-electron chi connectivity index (χ2n) is 5.72. The van der Waals surface area contributed by atoms with Gasteiger partial charge in [0.2, 0.25) is 5.75 Å². The number of amides is 1. The van der Waals surface area contributed by atoms with Crippen LogP contribution >= 0.6 is 0 Å². The van der Waals surface area contributed by atoms with Crippen molar-refractivity contribution in [3.63, 3.8) is 0 Å². The first kappa shape index (κ1) is 17.4. The Morgan fingerprint density at radius 2 is 1.87 bits per heavy atom.